The first-order valence-corrected chi connectivity index (χ1v) is 17.5. The van der Waals surface area contributed by atoms with E-state index in [2.05, 4.69) is 25.3 Å². The summed E-state index contributed by atoms with van der Waals surface area (Å²) in [6.07, 6.45) is -4.72. The van der Waals surface area contributed by atoms with Crippen LogP contribution >= 0.6 is 15.9 Å². The second kappa shape index (κ2) is 12.7. The molecule has 0 aliphatic rings. The molecule has 0 radical (unpaired) electrons. The summed E-state index contributed by atoms with van der Waals surface area (Å²) in [6, 6.07) is 8.56. The molecular weight excluding hydrogens is 620 g/mol. The molecule has 7 nitrogen and oxygen atoms in total. The Balaban J connectivity index is 2.75. The van der Waals surface area contributed by atoms with Gasteiger partial charge in [0.25, 0.3) is 0 Å². The molecule has 39 heavy (non-hydrogen) atoms. The van der Waals surface area contributed by atoms with Crippen molar-refractivity contribution in [3.8, 4) is 11.5 Å². The maximum absolute atomic E-state index is 16.2. The van der Waals surface area contributed by atoms with E-state index in [4.69, 9.17) is 15.2 Å². The summed E-state index contributed by atoms with van der Waals surface area (Å²) in [5.41, 5.74) is 4.86. The Hall–Kier alpha value is -1.90. The second-order valence-corrected chi connectivity index (χ2v) is 17.9. The van der Waals surface area contributed by atoms with E-state index < -0.39 is 47.8 Å². The molecule has 0 spiro atoms. The van der Waals surface area contributed by atoms with Crippen molar-refractivity contribution in [3.05, 3.63) is 40.4 Å². The van der Waals surface area contributed by atoms with Gasteiger partial charge in [-0.1, -0.05) is 38.9 Å². The van der Waals surface area contributed by atoms with E-state index >= 15 is 4.39 Å². The number of nitrogens with two attached hydrogens (primary N) is 1. The van der Waals surface area contributed by atoms with E-state index in [0.29, 0.717) is 15.5 Å². The monoisotopic (exact) mass is 656 g/mol. The van der Waals surface area contributed by atoms with E-state index in [-0.39, 0.29) is 17.1 Å². The van der Waals surface area contributed by atoms with Gasteiger partial charge in [0.1, 0.15) is 38.4 Å². The first kappa shape index (κ1) is 33.3. The lowest BCUT2D eigenvalue weighted by atomic mass is 10.0. The minimum absolute atomic E-state index is 0.177. The molecule has 1 unspecified atom stereocenters. The Morgan fingerprint density at radius 2 is 1.72 bits per heavy atom. The van der Waals surface area contributed by atoms with E-state index in [1.54, 1.807) is 12.1 Å². The van der Waals surface area contributed by atoms with Crippen molar-refractivity contribution in [2.45, 2.75) is 57.5 Å². The minimum atomic E-state index is -4.72. The van der Waals surface area contributed by atoms with Gasteiger partial charge in [-0.25, -0.2) is 17.9 Å². The average Bonchev–Trinajstić information content (AvgIpc) is 2.88. The van der Waals surface area contributed by atoms with Crippen molar-refractivity contribution >= 4 is 44.8 Å². The molecule has 2 rings (SSSR count). The van der Waals surface area contributed by atoms with Crippen molar-refractivity contribution in [3.63, 3.8) is 0 Å². The van der Waals surface area contributed by atoms with Crippen LogP contribution in [0.5, 0.6) is 11.5 Å². The van der Waals surface area contributed by atoms with Crippen LogP contribution in [0.25, 0.3) is 0 Å². The zero-order valence-electron chi connectivity index (χ0n) is 23.3. The molecule has 2 aromatic rings. The normalized spacial score (nSPS) is 15.3. The van der Waals surface area contributed by atoms with Crippen LogP contribution in [-0.2, 0) is 15.5 Å². The number of pyridine rings is 1. The van der Waals surface area contributed by atoms with Gasteiger partial charge in [-0.15, -0.1) is 0 Å². The quantitative estimate of drug-likeness (QED) is 0.173. The third kappa shape index (κ3) is 7.44. The van der Waals surface area contributed by atoms with E-state index in [0.717, 1.165) is 22.4 Å². The molecule has 220 valence electrons. The number of hydrogen-bond acceptors (Lipinski definition) is 6. The highest BCUT2D eigenvalue weighted by Crippen LogP contribution is 2.36. The van der Waals surface area contributed by atoms with Crippen LogP contribution in [0.1, 0.15) is 33.4 Å². The van der Waals surface area contributed by atoms with Crippen molar-refractivity contribution in [1.82, 2.24) is 4.98 Å². The van der Waals surface area contributed by atoms with E-state index in [9.17, 15) is 17.4 Å². The largest absolute Gasteiger partial charge is 0.497 e. The number of benzene rings is 1. The smallest absolute Gasteiger partial charge is 0.408 e. The number of ether oxygens (including phenoxy) is 2. The molecule has 1 heterocycles. The summed E-state index contributed by atoms with van der Waals surface area (Å²) in [7, 11) is -2.04. The standard InChI is InChI=1S/C25H37BrF4N4O3SSi/c1-8-39(9-2,10-3)20-14-21(26)33-23(22(20)27)24(4,31)16-38(35,32-15-25(28,29)30)34(5)18-12-11-17(36-6)13-19(18)37-7/h11-14H,8-10,15-16,31H2,1-7H3/t24-,38?/m0/s1. The second-order valence-electron chi connectivity index (χ2n) is 9.60. The molecule has 0 saturated heterocycles. The van der Waals surface area contributed by atoms with Gasteiger partial charge in [0.15, 0.2) is 0 Å². The number of rotatable bonds is 12. The highest BCUT2D eigenvalue weighted by Gasteiger charge is 2.40. The first-order valence-electron chi connectivity index (χ1n) is 12.4. The third-order valence-corrected chi connectivity index (χ3v) is 15.7. The number of halogens is 5. The third-order valence-electron chi connectivity index (χ3n) is 7.16. The highest BCUT2D eigenvalue weighted by atomic mass is 79.9. The molecule has 0 saturated carbocycles. The molecule has 0 aliphatic heterocycles. The van der Waals surface area contributed by atoms with Crippen LogP contribution in [-0.4, -0.2) is 57.0 Å². The number of aromatic nitrogens is 1. The van der Waals surface area contributed by atoms with E-state index in [1.807, 2.05) is 20.8 Å². The summed E-state index contributed by atoms with van der Waals surface area (Å²) in [4.78, 5) is 4.29. The summed E-state index contributed by atoms with van der Waals surface area (Å²) >= 11 is 3.36. The summed E-state index contributed by atoms with van der Waals surface area (Å²) in [5.74, 6) is -0.623. The molecule has 0 amide bonds. The van der Waals surface area contributed by atoms with Crippen LogP contribution in [0.15, 0.2) is 33.2 Å². The zero-order chi connectivity index (χ0) is 29.8. The van der Waals surface area contributed by atoms with Crippen molar-refractivity contribution in [1.29, 1.82) is 0 Å². The van der Waals surface area contributed by atoms with Gasteiger partial charge in [0.05, 0.1) is 45.0 Å². The molecule has 0 bridgehead atoms. The molecular formula is C25H37BrF4N4O3SSi. The van der Waals surface area contributed by atoms with Gasteiger partial charge in [-0.2, -0.15) is 13.2 Å². The van der Waals surface area contributed by atoms with Crippen molar-refractivity contribution in [2.75, 3.05) is 37.9 Å². The van der Waals surface area contributed by atoms with E-state index in [1.165, 1.54) is 40.3 Å². The Kier molecular flexibility index (Phi) is 10.9. The van der Waals surface area contributed by atoms with Crippen molar-refractivity contribution < 1.29 is 31.2 Å². The number of nitrogens with zero attached hydrogens (tertiary/aromatic N) is 3. The van der Waals surface area contributed by atoms with Crippen LogP contribution in [0, 0.1) is 5.82 Å². The fourth-order valence-electron chi connectivity index (χ4n) is 4.64. The van der Waals surface area contributed by atoms with Gasteiger partial charge in [-0.05, 0) is 46.2 Å². The molecule has 1 aromatic carbocycles. The first-order chi connectivity index (χ1) is 18.0. The van der Waals surface area contributed by atoms with Crippen LogP contribution in [0.3, 0.4) is 0 Å². The molecule has 0 fully saturated rings. The molecule has 2 atom stereocenters. The van der Waals surface area contributed by atoms with Crippen molar-refractivity contribution in [2.24, 2.45) is 10.1 Å². The Bertz CT molecular complexity index is 1270. The highest BCUT2D eigenvalue weighted by molar-refractivity contribution is 9.10. The zero-order valence-corrected chi connectivity index (χ0v) is 26.7. The Morgan fingerprint density at radius 3 is 2.21 bits per heavy atom. The molecule has 2 N–H and O–H groups in total. The Labute approximate surface area is 237 Å². The lowest BCUT2D eigenvalue weighted by Crippen LogP contribution is -2.51. The van der Waals surface area contributed by atoms with Gasteiger partial charge in [0, 0.05) is 13.1 Å². The molecule has 14 heteroatoms. The van der Waals surface area contributed by atoms with Crippen LogP contribution in [0.4, 0.5) is 23.2 Å². The van der Waals surface area contributed by atoms with Gasteiger partial charge >= 0.3 is 6.18 Å². The molecule has 0 aliphatic carbocycles. The average molecular weight is 658 g/mol. The lowest BCUT2D eigenvalue weighted by Gasteiger charge is -2.34. The topological polar surface area (TPSA) is 90.0 Å². The maximum Gasteiger partial charge on any atom is 0.408 e. The number of hydrogen-bond donors (Lipinski definition) is 1. The van der Waals surface area contributed by atoms with Crippen LogP contribution in [0.2, 0.25) is 18.1 Å². The Morgan fingerprint density at radius 1 is 1.13 bits per heavy atom. The SMILES string of the molecule is CC[Si](CC)(CC)c1cc(Br)nc([C@@](C)(N)CS(=O)(=NCC(F)(F)F)N(C)c2ccc(OC)cc2OC)c1F. The van der Waals surface area contributed by atoms with Crippen LogP contribution < -0.4 is 24.7 Å². The number of alkyl halides is 3. The lowest BCUT2D eigenvalue weighted by molar-refractivity contribution is -0.117. The summed E-state index contributed by atoms with van der Waals surface area (Å²) in [6.45, 7) is 5.79. The van der Waals surface area contributed by atoms with Gasteiger partial charge < -0.3 is 15.2 Å². The van der Waals surface area contributed by atoms with Gasteiger partial charge in [0.2, 0.25) is 0 Å². The predicted molar refractivity (Wildman–Crippen MR) is 155 cm³/mol. The number of methoxy groups -OCH3 is 2. The van der Waals surface area contributed by atoms with Gasteiger partial charge in [-0.3, -0.25) is 4.31 Å². The fraction of sp³-hybridized carbons (Fsp3) is 0.560. The fourth-order valence-corrected chi connectivity index (χ4v) is 11.1. The summed E-state index contributed by atoms with van der Waals surface area (Å²) < 4.78 is 86.0. The minimum Gasteiger partial charge on any atom is -0.497 e. The predicted octanol–water partition coefficient (Wildman–Crippen LogP) is 5.97. The molecule has 1 aromatic heterocycles. The number of anilines is 1. The summed E-state index contributed by atoms with van der Waals surface area (Å²) in [5, 5.41) is 0.535. The maximum atomic E-state index is 16.2.